The summed E-state index contributed by atoms with van der Waals surface area (Å²) in [6.07, 6.45) is 3.68. The van der Waals surface area contributed by atoms with E-state index in [-0.39, 0.29) is 0 Å². The molecule has 1 aliphatic heterocycles. The van der Waals surface area contributed by atoms with E-state index in [1.165, 1.54) is 56.4 Å². The van der Waals surface area contributed by atoms with E-state index in [0.29, 0.717) is 12.2 Å². The standard InChI is InChI=1S/C23H36F3NOSi/c1-18(17-29-22-12-10-21(11-13-22)23(24,25)26)9-7-5-4-6-8-14-27-15-19(2)28-20(3)16-27/h10-13,19-20H,1,4-9,14-17,29H2,2-3H3. The number of unbranched alkanes of at least 4 members (excludes halogenated alkanes) is 4. The molecule has 0 bridgehead atoms. The fraction of sp³-hybridized carbons (Fsp3) is 0.652. The van der Waals surface area contributed by atoms with Crippen LogP contribution in [0.4, 0.5) is 13.2 Å². The lowest BCUT2D eigenvalue weighted by atomic mass is 10.1. The number of rotatable bonds is 11. The molecule has 1 saturated heterocycles. The number of hydrogen-bond donors (Lipinski definition) is 0. The van der Waals surface area contributed by atoms with Crippen molar-refractivity contribution in [3.05, 3.63) is 42.0 Å². The van der Waals surface area contributed by atoms with Gasteiger partial charge in [0.05, 0.1) is 27.3 Å². The van der Waals surface area contributed by atoms with Gasteiger partial charge in [-0.15, -0.1) is 6.58 Å². The Kier molecular flexibility index (Phi) is 9.93. The van der Waals surface area contributed by atoms with Gasteiger partial charge in [-0.3, -0.25) is 4.90 Å². The summed E-state index contributed by atoms with van der Waals surface area (Å²) in [5, 5.41) is 1.07. The molecule has 0 aromatic heterocycles. The number of allylic oxidation sites excluding steroid dienone is 1. The van der Waals surface area contributed by atoms with Crippen molar-refractivity contribution < 1.29 is 17.9 Å². The topological polar surface area (TPSA) is 12.5 Å². The average molecular weight is 428 g/mol. The smallest absolute Gasteiger partial charge is 0.373 e. The fourth-order valence-electron chi connectivity index (χ4n) is 4.01. The van der Waals surface area contributed by atoms with Gasteiger partial charge in [-0.25, -0.2) is 0 Å². The zero-order valence-electron chi connectivity index (χ0n) is 17.9. The van der Waals surface area contributed by atoms with Crippen LogP contribution in [0.2, 0.25) is 6.04 Å². The van der Waals surface area contributed by atoms with Gasteiger partial charge in [0, 0.05) is 13.1 Å². The number of nitrogens with zero attached hydrogens (tertiary/aromatic N) is 1. The van der Waals surface area contributed by atoms with Gasteiger partial charge in [0.2, 0.25) is 0 Å². The Bertz CT molecular complexity index is 608. The van der Waals surface area contributed by atoms with Gasteiger partial charge in [0.15, 0.2) is 0 Å². The summed E-state index contributed by atoms with van der Waals surface area (Å²) in [5.41, 5.74) is 0.694. The maximum atomic E-state index is 12.6. The second kappa shape index (κ2) is 11.9. The van der Waals surface area contributed by atoms with Crippen LogP contribution < -0.4 is 5.19 Å². The van der Waals surface area contributed by atoms with Crippen LogP contribution in [0.15, 0.2) is 36.4 Å². The minimum Gasteiger partial charge on any atom is -0.373 e. The highest BCUT2D eigenvalue weighted by Crippen LogP contribution is 2.28. The first-order valence-electron chi connectivity index (χ1n) is 10.9. The van der Waals surface area contributed by atoms with Crippen molar-refractivity contribution in [2.75, 3.05) is 19.6 Å². The van der Waals surface area contributed by atoms with Crippen LogP contribution >= 0.6 is 0 Å². The summed E-state index contributed by atoms with van der Waals surface area (Å²) in [6, 6.07) is 6.65. The number of morpholine rings is 1. The van der Waals surface area contributed by atoms with Gasteiger partial charge in [0.25, 0.3) is 0 Å². The molecule has 0 amide bonds. The number of halogens is 3. The van der Waals surface area contributed by atoms with E-state index in [2.05, 4.69) is 25.3 Å². The quantitative estimate of drug-likeness (QED) is 0.282. The molecular formula is C23H36F3NOSi. The summed E-state index contributed by atoms with van der Waals surface area (Å²) in [7, 11) is -0.569. The van der Waals surface area contributed by atoms with Crippen LogP contribution in [-0.4, -0.2) is 46.3 Å². The molecule has 0 spiro atoms. The van der Waals surface area contributed by atoms with E-state index in [4.69, 9.17) is 4.74 Å². The van der Waals surface area contributed by atoms with E-state index in [1.807, 2.05) is 0 Å². The maximum Gasteiger partial charge on any atom is 0.416 e. The van der Waals surface area contributed by atoms with Crippen molar-refractivity contribution in [2.45, 2.75) is 76.8 Å². The van der Waals surface area contributed by atoms with E-state index < -0.39 is 21.3 Å². The molecule has 0 saturated carbocycles. The minimum absolute atomic E-state index is 0.343. The lowest BCUT2D eigenvalue weighted by Crippen LogP contribution is -2.45. The molecule has 1 aliphatic rings. The molecule has 1 fully saturated rings. The zero-order chi connectivity index (χ0) is 21.3. The Morgan fingerprint density at radius 3 is 2.24 bits per heavy atom. The van der Waals surface area contributed by atoms with Gasteiger partial charge in [-0.05, 0) is 45.7 Å². The van der Waals surface area contributed by atoms with E-state index in [0.717, 1.165) is 30.7 Å². The average Bonchev–Trinajstić information content (AvgIpc) is 2.64. The van der Waals surface area contributed by atoms with Crippen molar-refractivity contribution in [3.63, 3.8) is 0 Å². The van der Waals surface area contributed by atoms with Crippen LogP contribution in [0, 0.1) is 0 Å². The highest BCUT2D eigenvalue weighted by atomic mass is 28.2. The molecule has 6 heteroatoms. The summed E-state index contributed by atoms with van der Waals surface area (Å²) in [5.74, 6) is 0. The molecule has 0 aliphatic carbocycles. The first-order valence-corrected chi connectivity index (χ1v) is 12.7. The van der Waals surface area contributed by atoms with Crippen molar-refractivity contribution in [2.24, 2.45) is 0 Å². The summed E-state index contributed by atoms with van der Waals surface area (Å²) in [6.45, 7) is 11.7. The molecule has 1 aromatic rings. The van der Waals surface area contributed by atoms with Gasteiger partial charge in [0.1, 0.15) is 0 Å². The third-order valence-electron chi connectivity index (χ3n) is 5.55. The summed E-state index contributed by atoms with van der Waals surface area (Å²) < 4.78 is 43.6. The van der Waals surface area contributed by atoms with Crippen LogP contribution in [-0.2, 0) is 10.9 Å². The first-order chi connectivity index (χ1) is 13.7. The summed E-state index contributed by atoms with van der Waals surface area (Å²) >= 11 is 0. The molecule has 0 radical (unpaired) electrons. The molecule has 2 nitrogen and oxygen atoms in total. The second-order valence-electron chi connectivity index (χ2n) is 8.48. The van der Waals surface area contributed by atoms with Crippen molar-refractivity contribution in [1.29, 1.82) is 0 Å². The molecule has 1 aromatic carbocycles. The normalized spacial score (nSPS) is 21.1. The minimum atomic E-state index is -4.25. The summed E-state index contributed by atoms with van der Waals surface area (Å²) in [4.78, 5) is 2.52. The van der Waals surface area contributed by atoms with Crippen LogP contribution in [0.3, 0.4) is 0 Å². The Labute approximate surface area is 176 Å². The van der Waals surface area contributed by atoms with E-state index in [9.17, 15) is 13.2 Å². The van der Waals surface area contributed by atoms with Gasteiger partial charge in [-0.2, -0.15) is 13.2 Å². The monoisotopic (exact) mass is 427 g/mol. The Morgan fingerprint density at radius 1 is 1.03 bits per heavy atom. The fourth-order valence-corrected chi connectivity index (χ4v) is 5.48. The van der Waals surface area contributed by atoms with Gasteiger partial charge in [-0.1, -0.05) is 54.3 Å². The van der Waals surface area contributed by atoms with E-state index in [1.54, 1.807) is 12.1 Å². The van der Waals surface area contributed by atoms with Gasteiger partial charge < -0.3 is 4.74 Å². The van der Waals surface area contributed by atoms with Gasteiger partial charge >= 0.3 is 6.18 Å². The molecule has 2 atom stereocenters. The number of benzene rings is 1. The third-order valence-corrected chi connectivity index (χ3v) is 7.55. The van der Waals surface area contributed by atoms with Crippen LogP contribution in [0.5, 0.6) is 0 Å². The predicted molar refractivity (Wildman–Crippen MR) is 118 cm³/mol. The lowest BCUT2D eigenvalue weighted by molar-refractivity contribution is -0.137. The Hall–Kier alpha value is -1.11. The predicted octanol–water partition coefficient (Wildman–Crippen LogP) is 4.92. The second-order valence-corrected chi connectivity index (χ2v) is 10.3. The highest BCUT2D eigenvalue weighted by Gasteiger charge is 2.29. The maximum absolute atomic E-state index is 12.6. The molecule has 29 heavy (non-hydrogen) atoms. The number of alkyl halides is 3. The number of ether oxygens (including phenoxy) is 1. The first kappa shape index (κ1) is 24.2. The zero-order valence-corrected chi connectivity index (χ0v) is 19.4. The molecular weight excluding hydrogens is 391 g/mol. The van der Waals surface area contributed by atoms with Crippen LogP contribution in [0.1, 0.15) is 57.9 Å². The highest BCUT2D eigenvalue weighted by molar-refractivity contribution is 6.54. The van der Waals surface area contributed by atoms with Crippen molar-refractivity contribution >= 4 is 14.7 Å². The SMILES string of the molecule is C=C(CCCCCCCN1CC(C)OC(C)C1)C[SiH2]c1ccc(C(F)(F)F)cc1. The van der Waals surface area contributed by atoms with Crippen molar-refractivity contribution in [1.82, 2.24) is 4.90 Å². The van der Waals surface area contributed by atoms with E-state index >= 15 is 0 Å². The van der Waals surface area contributed by atoms with Crippen LogP contribution in [0.25, 0.3) is 0 Å². The lowest BCUT2D eigenvalue weighted by Gasteiger charge is -2.35. The molecule has 2 rings (SSSR count). The molecule has 1 heterocycles. The number of hydrogen-bond acceptors (Lipinski definition) is 2. The molecule has 0 N–H and O–H groups in total. The van der Waals surface area contributed by atoms with Crippen molar-refractivity contribution in [3.8, 4) is 0 Å². The Balaban J connectivity index is 1.49. The Morgan fingerprint density at radius 2 is 1.62 bits per heavy atom. The third kappa shape index (κ3) is 9.49. The largest absolute Gasteiger partial charge is 0.416 e. The molecule has 164 valence electrons. The molecule has 2 unspecified atom stereocenters.